The largest absolute Gasteiger partial charge is 0.494 e. The molecule has 27 heavy (non-hydrogen) atoms. The number of rotatable bonds is 5. The van der Waals surface area contributed by atoms with Gasteiger partial charge in [-0.05, 0) is 30.7 Å². The first kappa shape index (κ1) is 17.5. The van der Waals surface area contributed by atoms with Gasteiger partial charge in [-0.3, -0.25) is 4.90 Å². The SMILES string of the molecule is COc1ccccc1-n1cc(CN2CCN(c3ncccc3C)CC2)cn1. The molecule has 1 aliphatic heterocycles. The van der Waals surface area contributed by atoms with Crippen LogP contribution in [0.3, 0.4) is 0 Å². The van der Waals surface area contributed by atoms with Crippen molar-refractivity contribution < 1.29 is 4.74 Å². The fourth-order valence-electron chi connectivity index (χ4n) is 3.58. The third-order valence-corrected chi connectivity index (χ3v) is 5.03. The van der Waals surface area contributed by atoms with E-state index < -0.39 is 0 Å². The normalized spacial score (nSPS) is 15.1. The Morgan fingerprint density at radius 3 is 2.63 bits per heavy atom. The summed E-state index contributed by atoms with van der Waals surface area (Å²) >= 11 is 0. The smallest absolute Gasteiger partial charge is 0.144 e. The first-order valence-corrected chi connectivity index (χ1v) is 9.30. The van der Waals surface area contributed by atoms with Gasteiger partial charge in [0.25, 0.3) is 0 Å². The van der Waals surface area contributed by atoms with Gasteiger partial charge in [0.2, 0.25) is 0 Å². The highest BCUT2D eigenvalue weighted by Crippen LogP contribution is 2.22. The first-order valence-electron chi connectivity index (χ1n) is 9.30. The molecule has 2 aromatic heterocycles. The van der Waals surface area contributed by atoms with Crippen LogP contribution >= 0.6 is 0 Å². The van der Waals surface area contributed by atoms with Crippen molar-refractivity contribution in [3.8, 4) is 11.4 Å². The van der Waals surface area contributed by atoms with E-state index in [1.165, 1.54) is 11.1 Å². The molecule has 1 aliphatic rings. The van der Waals surface area contributed by atoms with E-state index in [0.29, 0.717) is 0 Å². The minimum absolute atomic E-state index is 0.825. The van der Waals surface area contributed by atoms with Gasteiger partial charge in [0.1, 0.15) is 17.3 Å². The molecular formula is C21H25N5O. The number of benzene rings is 1. The van der Waals surface area contributed by atoms with Gasteiger partial charge in [-0.1, -0.05) is 18.2 Å². The van der Waals surface area contributed by atoms with Crippen LogP contribution in [0.1, 0.15) is 11.1 Å². The van der Waals surface area contributed by atoms with E-state index in [-0.39, 0.29) is 0 Å². The molecule has 1 fully saturated rings. The number of hydrogen-bond donors (Lipinski definition) is 0. The lowest BCUT2D eigenvalue weighted by molar-refractivity contribution is 0.249. The molecule has 0 saturated carbocycles. The number of para-hydroxylation sites is 2. The summed E-state index contributed by atoms with van der Waals surface area (Å²) in [7, 11) is 1.69. The van der Waals surface area contributed by atoms with Crippen molar-refractivity contribution in [3.05, 3.63) is 66.1 Å². The number of hydrogen-bond acceptors (Lipinski definition) is 5. The van der Waals surface area contributed by atoms with E-state index in [4.69, 9.17) is 4.74 Å². The predicted octanol–water partition coefficient (Wildman–Crippen LogP) is 2.91. The van der Waals surface area contributed by atoms with Crippen LogP contribution in [-0.4, -0.2) is 53.0 Å². The summed E-state index contributed by atoms with van der Waals surface area (Å²) in [6.45, 7) is 7.08. The Morgan fingerprint density at radius 2 is 1.85 bits per heavy atom. The van der Waals surface area contributed by atoms with Crippen LogP contribution in [-0.2, 0) is 6.54 Å². The summed E-state index contributed by atoms with van der Waals surface area (Å²) in [4.78, 5) is 9.40. The Kier molecular flexibility index (Phi) is 5.07. The van der Waals surface area contributed by atoms with Crippen LogP contribution in [0.4, 0.5) is 5.82 Å². The summed E-state index contributed by atoms with van der Waals surface area (Å²) in [6.07, 6.45) is 5.91. The van der Waals surface area contributed by atoms with Crippen molar-refractivity contribution in [1.29, 1.82) is 0 Å². The zero-order valence-electron chi connectivity index (χ0n) is 15.9. The highest BCUT2D eigenvalue weighted by atomic mass is 16.5. The maximum absolute atomic E-state index is 5.44. The molecule has 0 atom stereocenters. The molecule has 0 radical (unpaired) electrons. The molecule has 1 saturated heterocycles. The molecule has 0 amide bonds. The molecule has 0 unspecified atom stereocenters. The van der Waals surface area contributed by atoms with E-state index >= 15 is 0 Å². The molecule has 0 spiro atoms. The standard InChI is InChI=1S/C21H25N5O/c1-17-6-5-9-22-21(17)25-12-10-24(11-13-25)15-18-14-23-26(16-18)19-7-3-4-8-20(19)27-2/h3-9,14,16H,10-13,15H2,1-2H3. The molecule has 3 heterocycles. The van der Waals surface area contributed by atoms with Crippen molar-refractivity contribution in [2.75, 3.05) is 38.2 Å². The predicted molar refractivity (Wildman–Crippen MR) is 107 cm³/mol. The van der Waals surface area contributed by atoms with Crippen LogP contribution < -0.4 is 9.64 Å². The summed E-state index contributed by atoms with van der Waals surface area (Å²) in [6, 6.07) is 12.1. The summed E-state index contributed by atoms with van der Waals surface area (Å²) in [5.74, 6) is 1.94. The molecule has 140 valence electrons. The molecule has 3 aromatic rings. The monoisotopic (exact) mass is 363 g/mol. The second-order valence-electron chi connectivity index (χ2n) is 6.87. The quantitative estimate of drug-likeness (QED) is 0.698. The van der Waals surface area contributed by atoms with Crippen LogP contribution in [0.5, 0.6) is 5.75 Å². The number of nitrogens with zero attached hydrogens (tertiary/aromatic N) is 5. The van der Waals surface area contributed by atoms with Crippen molar-refractivity contribution in [1.82, 2.24) is 19.7 Å². The molecule has 4 rings (SSSR count). The second-order valence-corrected chi connectivity index (χ2v) is 6.87. The van der Waals surface area contributed by atoms with Gasteiger partial charge in [0, 0.05) is 50.7 Å². The lowest BCUT2D eigenvalue weighted by Gasteiger charge is -2.35. The molecule has 6 heteroatoms. The van der Waals surface area contributed by atoms with Crippen LogP contribution in [0.25, 0.3) is 5.69 Å². The number of aromatic nitrogens is 3. The van der Waals surface area contributed by atoms with Gasteiger partial charge in [-0.2, -0.15) is 5.10 Å². The van der Waals surface area contributed by atoms with E-state index in [1.807, 2.05) is 47.4 Å². The lowest BCUT2D eigenvalue weighted by atomic mass is 10.2. The van der Waals surface area contributed by atoms with Crippen LogP contribution in [0.15, 0.2) is 55.0 Å². The summed E-state index contributed by atoms with van der Waals surface area (Å²) in [5.41, 5.74) is 3.41. The zero-order valence-corrected chi connectivity index (χ0v) is 15.9. The lowest BCUT2D eigenvalue weighted by Crippen LogP contribution is -2.46. The third-order valence-electron chi connectivity index (χ3n) is 5.03. The Bertz CT molecular complexity index is 899. The fourth-order valence-corrected chi connectivity index (χ4v) is 3.58. The van der Waals surface area contributed by atoms with E-state index in [0.717, 1.165) is 50.0 Å². The Morgan fingerprint density at radius 1 is 1.04 bits per heavy atom. The molecule has 0 aliphatic carbocycles. The van der Waals surface area contributed by atoms with Crippen molar-refractivity contribution >= 4 is 5.82 Å². The van der Waals surface area contributed by atoms with E-state index in [1.54, 1.807) is 7.11 Å². The van der Waals surface area contributed by atoms with Gasteiger partial charge in [0.05, 0.1) is 13.3 Å². The minimum Gasteiger partial charge on any atom is -0.494 e. The van der Waals surface area contributed by atoms with Gasteiger partial charge >= 0.3 is 0 Å². The average molecular weight is 363 g/mol. The molecule has 6 nitrogen and oxygen atoms in total. The highest BCUT2D eigenvalue weighted by molar-refractivity contribution is 5.47. The van der Waals surface area contributed by atoms with Gasteiger partial charge in [-0.15, -0.1) is 0 Å². The van der Waals surface area contributed by atoms with Crippen LogP contribution in [0.2, 0.25) is 0 Å². The molecule has 0 bridgehead atoms. The number of piperazine rings is 1. The fraction of sp³-hybridized carbons (Fsp3) is 0.333. The Balaban J connectivity index is 1.39. The zero-order chi connectivity index (χ0) is 18.6. The third kappa shape index (κ3) is 3.80. The number of methoxy groups -OCH3 is 1. The van der Waals surface area contributed by atoms with Crippen molar-refractivity contribution in [3.63, 3.8) is 0 Å². The topological polar surface area (TPSA) is 46.4 Å². The maximum Gasteiger partial charge on any atom is 0.144 e. The number of aryl methyl sites for hydroxylation is 1. The van der Waals surface area contributed by atoms with Crippen molar-refractivity contribution in [2.24, 2.45) is 0 Å². The van der Waals surface area contributed by atoms with Crippen molar-refractivity contribution in [2.45, 2.75) is 13.5 Å². The minimum atomic E-state index is 0.825. The second kappa shape index (κ2) is 7.80. The maximum atomic E-state index is 5.44. The first-order chi connectivity index (χ1) is 13.2. The molecule has 0 N–H and O–H groups in total. The number of anilines is 1. The van der Waals surface area contributed by atoms with E-state index in [9.17, 15) is 0 Å². The van der Waals surface area contributed by atoms with Gasteiger partial charge in [-0.25, -0.2) is 9.67 Å². The highest BCUT2D eigenvalue weighted by Gasteiger charge is 2.19. The Labute approximate surface area is 160 Å². The summed E-state index contributed by atoms with van der Waals surface area (Å²) in [5, 5.41) is 4.52. The molecule has 1 aromatic carbocycles. The molecular weight excluding hydrogens is 338 g/mol. The Hall–Kier alpha value is -2.86. The van der Waals surface area contributed by atoms with Crippen LogP contribution in [0, 0.1) is 6.92 Å². The number of pyridine rings is 1. The van der Waals surface area contributed by atoms with E-state index in [2.05, 4.69) is 39.1 Å². The average Bonchev–Trinajstić information content (AvgIpc) is 3.17. The van der Waals surface area contributed by atoms with Gasteiger partial charge < -0.3 is 9.64 Å². The summed E-state index contributed by atoms with van der Waals surface area (Å²) < 4.78 is 7.33. The number of ether oxygens (including phenoxy) is 1. The van der Waals surface area contributed by atoms with Gasteiger partial charge in [0.15, 0.2) is 0 Å².